The smallest absolute Gasteiger partial charge is 0.236 e. The SMILES string of the molecule is CCOCCCN(C)C(=O)CN. The first-order valence-electron chi connectivity index (χ1n) is 4.24. The molecule has 0 spiro atoms. The Balaban J connectivity index is 3.31. The molecule has 0 unspecified atom stereocenters. The highest BCUT2D eigenvalue weighted by Crippen LogP contribution is 1.88. The van der Waals surface area contributed by atoms with Gasteiger partial charge >= 0.3 is 0 Å². The van der Waals surface area contributed by atoms with Crippen LogP contribution in [-0.2, 0) is 9.53 Å². The van der Waals surface area contributed by atoms with Crippen molar-refractivity contribution in [1.29, 1.82) is 0 Å². The van der Waals surface area contributed by atoms with Crippen LogP contribution in [0.1, 0.15) is 13.3 Å². The van der Waals surface area contributed by atoms with Crippen molar-refractivity contribution in [1.82, 2.24) is 4.90 Å². The van der Waals surface area contributed by atoms with Crippen molar-refractivity contribution in [3.05, 3.63) is 0 Å². The van der Waals surface area contributed by atoms with E-state index in [1.807, 2.05) is 6.92 Å². The second-order valence-electron chi connectivity index (χ2n) is 2.57. The zero-order valence-electron chi connectivity index (χ0n) is 7.88. The standard InChI is InChI=1S/C8H18N2O2/c1-3-12-6-4-5-10(2)8(11)7-9/h3-7,9H2,1-2H3. The molecule has 0 aromatic heterocycles. The third-order valence-electron chi connectivity index (χ3n) is 1.59. The summed E-state index contributed by atoms with van der Waals surface area (Å²) in [5.41, 5.74) is 5.18. The summed E-state index contributed by atoms with van der Waals surface area (Å²) in [7, 11) is 1.75. The van der Waals surface area contributed by atoms with Crippen LogP contribution in [-0.4, -0.2) is 44.2 Å². The number of nitrogens with zero attached hydrogens (tertiary/aromatic N) is 1. The molecule has 0 radical (unpaired) electrons. The molecule has 0 aromatic rings. The van der Waals surface area contributed by atoms with E-state index in [-0.39, 0.29) is 12.5 Å². The van der Waals surface area contributed by atoms with Gasteiger partial charge in [-0.3, -0.25) is 4.79 Å². The Morgan fingerprint density at radius 1 is 1.58 bits per heavy atom. The quantitative estimate of drug-likeness (QED) is 0.569. The fraction of sp³-hybridized carbons (Fsp3) is 0.875. The minimum atomic E-state index is -0.0218. The lowest BCUT2D eigenvalue weighted by Crippen LogP contribution is -2.33. The Kier molecular flexibility index (Phi) is 6.70. The van der Waals surface area contributed by atoms with Crippen LogP contribution in [0.2, 0.25) is 0 Å². The molecule has 0 bridgehead atoms. The van der Waals surface area contributed by atoms with Crippen molar-refractivity contribution in [2.24, 2.45) is 5.73 Å². The van der Waals surface area contributed by atoms with Crippen molar-refractivity contribution in [2.45, 2.75) is 13.3 Å². The van der Waals surface area contributed by atoms with Crippen LogP contribution >= 0.6 is 0 Å². The minimum absolute atomic E-state index is 0.0218. The summed E-state index contributed by atoms with van der Waals surface area (Å²) in [6.45, 7) is 4.20. The first kappa shape index (κ1) is 11.4. The number of likely N-dealkylation sites (N-methyl/N-ethyl adjacent to an activating group) is 1. The molecule has 0 aromatic carbocycles. The Morgan fingerprint density at radius 2 is 2.25 bits per heavy atom. The number of carbonyl (C=O) groups excluding carboxylic acids is 1. The number of hydrogen-bond donors (Lipinski definition) is 1. The van der Waals surface area contributed by atoms with E-state index in [1.165, 1.54) is 0 Å². The average molecular weight is 174 g/mol. The fourth-order valence-corrected chi connectivity index (χ4v) is 0.829. The molecule has 0 aliphatic carbocycles. The molecule has 1 amide bonds. The highest BCUT2D eigenvalue weighted by atomic mass is 16.5. The van der Waals surface area contributed by atoms with Gasteiger partial charge in [0.05, 0.1) is 6.54 Å². The molecular weight excluding hydrogens is 156 g/mol. The van der Waals surface area contributed by atoms with Gasteiger partial charge in [0.25, 0.3) is 0 Å². The normalized spacial score (nSPS) is 9.92. The predicted molar refractivity (Wildman–Crippen MR) is 47.8 cm³/mol. The lowest BCUT2D eigenvalue weighted by molar-refractivity contribution is -0.128. The maximum Gasteiger partial charge on any atom is 0.236 e. The Morgan fingerprint density at radius 3 is 2.75 bits per heavy atom. The number of rotatable bonds is 6. The van der Waals surface area contributed by atoms with Crippen molar-refractivity contribution in [2.75, 3.05) is 33.4 Å². The Hall–Kier alpha value is -0.610. The van der Waals surface area contributed by atoms with Crippen molar-refractivity contribution >= 4 is 5.91 Å². The third kappa shape index (κ3) is 5.09. The van der Waals surface area contributed by atoms with Gasteiger partial charge in [-0.25, -0.2) is 0 Å². The van der Waals surface area contributed by atoms with Gasteiger partial charge in [-0.05, 0) is 13.3 Å². The molecular formula is C8H18N2O2. The summed E-state index contributed by atoms with van der Waals surface area (Å²) in [6, 6.07) is 0. The molecule has 2 N–H and O–H groups in total. The summed E-state index contributed by atoms with van der Waals surface area (Å²) in [6.07, 6.45) is 0.871. The zero-order valence-corrected chi connectivity index (χ0v) is 7.88. The highest BCUT2D eigenvalue weighted by Gasteiger charge is 2.04. The van der Waals surface area contributed by atoms with E-state index in [2.05, 4.69) is 0 Å². The number of ether oxygens (including phenoxy) is 1. The van der Waals surface area contributed by atoms with Crippen LogP contribution in [0.5, 0.6) is 0 Å². The summed E-state index contributed by atoms with van der Waals surface area (Å²) >= 11 is 0. The predicted octanol–water partition coefficient (Wildman–Crippen LogP) is -0.170. The second-order valence-corrected chi connectivity index (χ2v) is 2.57. The number of hydrogen-bond acceptors (Lipinski definition) is 3. The summed E-state index contributed by atoms with van der Waals surface area (Å²) in [4.78, 5) is 12.6. The maximum absolute atomic E-state index is 10.9. The molecule has 0 aliphatic heterocycles. The Labute approximate surface area is 73.7 Å². The minimum Gasteiger partial charge on any atom is -0.382 e. The molecule has 0 atom stereocenters. The molecule has 0 aliphatic rings. The number of nitrogens with two attached hydrogens (primary N) is 1. The van der Waals surface area contributed by atoms with E-state index >= 15 is 0 Å². The molecule has 0 heterocycles. The largest absolute Gasteiger partial charge is 0.382 e. The van der Waals surface area contributed by atoms with Crippen LogP contribution in [0, 0.1) is 0 Å². The highest BCUT2D eigenvalue weighted by molar-refractivity contribution is 5.77. The molecule has 72 valence electrons. The van der Waals surface area contributed by atoms with Gasteiger partial charge in [0, 0.05) is 26.8 Å². The van der Waals surface area contributed by atoms with Gasteiger partial charge < -0.3 is 15.4 Å². The maximum atomic E-state index is 10.9. The fourth-order valence-electron chi connectivity index (χ4n) is 0.829. The molecule has 4 nitrogen and oxygen atoms in total. The van der Waals surface area contributed by atoms with Crippen molar-refractivity contribution < 1.29 is 9.53 Å². The van der Waals surface area contributed by atoms with E-state index in [1.54, 1.807) is 11.9 Å². The first-order chi connectivity index (χ1) is 5.72. The van der Waals surface area contributed by atoms with E-state index in [0.717, 1.165) is 19.6 Å². The molecule has 0 fully saturated rings. The van der Waals surface area contributed by atoms with Crippen molar-refractivity contribution in [3.8, 4) is 0 Å². The third-order valence-corrected chi connectivity index (χ3v) is 1.59. The first-order valence-corrected chi connectivity index (χ1v) is 4.24. The number of amides is 1. The summed E-state index contributed by atoms with van der Waals surface area (Å²) < 4.78 is 5.13. The van der Waals surface area contributed by atoms with E-state index < -0.39 is 0 Å². The van der Waals surface area contributed by atoms with Gasteiger partial charge in [0.2, 0.25) is 5.91 Å². The topological polar surface area (TPSA) is 55.6 Å². The van der Waals surface area contributed by atoms with Gasteiger partial charge in [-0.1, -0.05) is 0 Å². The number of carbonyl (C=O) groups is 1. The lowest BCUT2D eigenvalue weighted by Gasteiger charge is -2.15. The monoisotopic (exact) mass is 174 g/mol. The van der Waals surface area contributed by atoms with Crippen LogP contribution in [0.25, 0.3) is 0 Å². The molecule has 12 heavy (non-hydrogen) atoms. The van der Waals surface area contributed by atoms with E-state index in [4.69, 9.17) is 10.5 Å². The van der Waals surface area contributed by atoms with E-state index in [0.29, 0.717) is 6.61 Å². The molecule has 0 rings (SSSR count). The Bertz CT molecular complexity index is 128. The summed E-state index contributed by atoms with van der Waals surface area (Å²) in [5.74, 6) is -0.0218. The van der Waals surface area contributed by atoms with Gasteiger partial charge in [-0.2, -0.15) is 0 Å². The van der Waals surface area contributed by atoms with E-state index in [9.17, 15) is 4.79 Å². The molecule has 4 heteroatoms. The van der Waals surface area contributed by atoms with Gasteiger partial charge in [0.15, 0.2) is 0 Å². The second kappa shape index (κ2) is 7.06. The van der Waals surface area contributed by atoms with Crippen LogP contribution in [0.4, 0.5) is 0 Å². The molecule has 0 saturated heterocycles. The van der Waals surface area contributed by atoms with Crippen molar-refractivity contribution in [3.63, 3.8) is 0 Å². The van der Waals surface area contributed by atoms with Gasteiger partial charge in [-0.15, -0.1) is 0 Å². The van der Waals surface area contributed by atoms with Gasteiger partial charge in [0.1, 0.15) is 0 Å². The van der Waals surface area contributed by atoms with Crippen LogP contribution in [0.15, 0.2) is 0 Å². The molecule has 0 saturated carbocycles. The zero-order chi connectivity index (χ0) is 9.40. The van der Waals surface area contributed by atoms with Crippen LogP contribution < -0.4 is 5.73 Å². The van der Waals surface area contributed by atoms with Crippen LogP contribution in [0.3, 0.4) is 0 Å². The average Bonchev–Trinajstić information content (AvgIpc) is 2.10. The lowest BCUT2D eigenvalue weighted by atomic mass is 10.4. The summed E-state index contributed by atoms with van der Waals surface area (Å²) in [5, 5.41) is 0.